The second-order valence-corrected chi connectivity index (χ2v) is 7.74. The first-order chi connectivity index (χ1) is 12.0. The molecule has 25 heavy (non-hydrogen) atoms. The van der Waals surface area contributed by atoms with Crippen LogP contribution in [0.15, 0.2) is 0 Å². The first-order valence-corrected chi connectivity index (χ1v) is 9.80. The molecular formula is C19H33N3O3. The van der Waals surface area contributed by atoms with Gasteiger partial charge in [-0.1, -0.05) is 32.1 Å². The molecule has 1 aliphatic carbocycles. The van der Waals surface area contributed by atoms with Gasteiger partial charge in [-0.3, -0.25) is 19.3 Å². The number of Topliss-reactive ketones (excluding diaryl/α,β-unsaturated/α-hetero) is 1. The fourth-order valence-corrected chi connectivity index (χ4v) is 4.00. The summed E-state index contributed by atoms with van der Waals surface area (Å²) in [6, 6.07) is -0.174. The van der Waals surface area contributed by atoms with E-state index in [-0.39, 0.29) is 42.6 Å². The van der Waals surface area contributed by atoms with E-state index in [1.54, 1.807) is 0 Å². The number of hydrogen-bond donors (Lipinski definition) is 2. The van der Waals surface area contributed by atoms with Gasteiger partial charge in [0.1, 0.15) is 0 Å². The van der Waals surface area contributed by atoms with Crippen LogP contribution in [0.5, 0.6) is 0 Å². The molecule has 0 aromatic rings. The number of nitrogens with zero attached hydrogens (tertiary/aromatic N) is 1. The minimum absolute atomic E-state index is 0.00200. The molecular weight excluding hydrogens is 318 g/mol. The quantitative estimate of drug-likeness (QED) is 0.731. The van der Waals surface area contributed by atoms with Crippen LogP contribution in [0.3, 0.4) is 0 Å². The number of hydrogen-bond acceptors (Lipinski definition) is 4. The van der Waals surface area contributed by atoms with Crippen LogP contribution in [-0.2, 0) is 14.4 Å². The first-order valence-electron chi connectivity index (χ1n) is 9.80. The molecule has 0 radical (unpaired) electrons. The van der Waals surface area contributed by atoms with Crippen molar-refractivity contribution in [2.45, 2.75) is 83.2 Å². The molecule has 0 bridgehead atoms. The van der Waals surface area contributed by atoms with Gasteiger partial charge >= 0.3 is 0 Å². The normalized spacial score (nSPS) is 26.2. The highest BCUT2D eigenvalue weighted by Gasteiger charge is 2.29. The second-order valence-electron chi connectivity index (χ2n) is 7.74. The molecule has 1 heterocycles. The fraction of sp³-hybridized carbons (Fsp3) is 0.842. The Bertz CT molecular complexity index is 475. The lowest BCUT2D eigenvalue weighted by Gasteiger charge is -2.25. The van der Waals surface area contributed by atoms with E-state index in [0.29, 0.717) is 25.3 Å². The van der Waals surface area contributed by atoms with Gasteiger partial charge in [-0.25, -0.2) is 0 Å². The van der Waals surface area contributed by atoms with Crippen molar-refractivity contribution in [2.24, 2.45) is 11.7 Å². The molecule has 6 heteroatoms. The van der Waals surface area contributed by atoms with Gasteiger partial charge in [-0.05, 0) is 32.1 Å². The summed E-state index contributed by atoms with van der Waals surface area (Å²) in [5, 5.41) is 2.95. The SMILES string of the molecule is C[C@@H]1CC[C@H](NC(=O)CCC2CCCCC2)C(=O)CN1CCC(N)=O. The predicted molar refractivity (Wildman–Crippen MR) is 96.8 cm³/mol. The van der Waals surface area contributed by atoms with Crippen LogP contribution >= 0.6 is 0 Å². The van der Waals surface area contributed by atoms with E-state index in [1.165, 1.54) is 32.1 Å². The Kier molecular flexibility index (Phi) is 7.88. The molecule has 1 aliphatic heterocycles. The molecule has 3 N–H and O–H groups in total. The van der Waals surface area contributed by atoms with E-state index < -0.39 is 0 Å². The zero-order valence-corrected chi connectivity index (χ0v) is 15.5. The predicted octanol–water partition coefficient (Wildman–Crippen LogP) is 1.76. The zero-order valence-electron chi connectivity index (χ0n) is 15.5. The Morgan fingerprint density at radius 3 is 2.52 bits per heavy atom. The lowest BCUT2D eigenvalue weighted by atomic mass is 9.86. The van der Waals surface area contributed by atoms with Crippen molar-refractivity contribution in [3.8, 4) is 0 Å². The van der Waals surface area contributed by atoms with Crippen LogP contribution in [0.4, 0.5) is 0 Å². The van der Waals surface area contributed by atoms with Crippen LogP contribution in [0.1, 0.15) is 71.1 Å². The third-order valence-corrected chi connectivity index (χ3v) is 5.73. The number of carbonyl (C=O) groups is 3. The highest BCUT2D eigenvalue weighted by Crippen LogP contribution is 2.27. The number of rotatable bonds is 7. The lowest BCUT2D eigenvalue weighted by Crippen LogP contribution is -2.44. The van der Waals surface area contributed by atoms with Crippen LogP contribution < -0.4 is 11.1 Å². The maximum Gasteiger partial charge on any atom is 0.220 e. The molecule has 2 aliphatic rings. The van der Waals surface area contributed by atoms with Crippen LogP contribution in [0, 0.1) is 5.92 Å². The second kappa shape index (κ2) is 9.90. The number of carbonyl (C=O) groups excluding carboxylic acids is 3. The Hall–Kier alpha value is -1.43. The average molecular weight is 351 g/mol. The maximum atomic E-state index is 12.5. The van der Waals surface area contributed by atoms with Crippen molar-refractivity contribution in [2.75, 3.05) is 13.1 Å². The number of nitrogens with one attached hydrogen (secondary N) is 1. The monoisotopic (exact) mass is 351 g/mol. The summed E-state index contributed by atoms with van der Waals surface area (Å²) in [6.07, 6.45) is 9.59. The van der Waals surface area contributed by atoms with Crippen molar-refractivity contribution >= 4 is 17.6 Å². The van der Waals surface area contributed by atoms with E-state index in [9.17, 15) is 14.4 Å². The summed E-state index contributed by atoms with van der Waals surface area (Å²) in [6.45, 7) is 2.84. The van der Waals surface area contributed by atoms with Gasteiger partial charge in [0, 0.05) is 25.4 Å². The number of ketones is 1. The Balaban J connectivity index is 1.77. The van der Waals surface area contributed by atoms with Gasteiger partial charge in [0.15, 0.2) is 5.78 Å². The van der Waals surface area contributed by atoms with Crippen molar-refractivity contribution in [3.05, 3.63) is 0 Å². The van der Waals surface area contributed by atoms with Crippen LogP contribution in [-0.4, -0.2) is 47.7 Å². The molecule has 2 fully saturated rings. The zero-order chi connectivity index (χ0) is 18.2. The van der Waals surface area contributed by atoms with Crippen LogP contribution in [0.2, 0.25) is 0 Å². The molecule has 1 saturated carbocycles. The van der Waals surface area contributed by atoms with Crippen LogP contribution in [0.25, 0.3) is 0 Å². The molecule has 0 spiro atoms. The maximum absolute atomic E-state index is 12.5. The minimum Gasteiger partial charge on any atom is -0.370 e. The summed E-state index contributed by atoms with van der Waals surface area (Å²) in [7, 11) is 0. The smallest absolute Gasteiger partial charge is 0.220 e. The third kappa shape index (κ3) is 6.77. The van der Waals surface area contributed by atoms with Crippen molar-refractivity contribution in [1.82, 2.24) is 10.2 Å². The van der Waals surface area contributed by atoms with E-state index >= 15 is 0 Å². The van der Waals surface area contributed by atoms with E-state index in [1.807, 2.05) is 4.90 Å². The van der Waals surface area contributed by atoms with Gasteiger partial charge in [0.25, 0.3) is 0 Å². The van der Waals surface area contributed by atoms with E-state index in [0.717, 1.165) is 12.8 Å². The van der Waals surface area contributed by atoms with Crippen molar-refractivity contribution < 1.29 is 14.4 Å². The largest absolute Gasteiger partial charge is 0.370 e. The van der Waals surface area contributed by atoms with E-state index in [4.69, 9.17) is 5.73 Å². The molecule has 2 amide bonds. The molecule has 2 rings (SSSR count). The number of nitrogens with two attached hydrogens (primary N) is 1. The summed E-state index contributed by atoms with van der Waals surface area (Å²) in [5.41, 5.74) is 5.21. The highest BCUT2D eigenvalue weighted by atomic mass is 16.2. The Labute approximate surface area is 150 Å². The molecule has 0 unspecified atom stereocenters. The summed E-state index contributed by atoms with van der Waals surface area (Å²) in [5.74, 6) is 0.368. The summed E-state index contributed by atoms with van der Waals surface area (Å²) in [4.78, 5) is 37.7. The van der Waals surface area contributed by atoms with Gasteiger partial charge in [0.05, 0.1) is 12.6 Å². The fourth-order valence-electron chi connectivity index (χ4n) is 4.00. The van der Waals surface area contributed by atoms with Gasteiger partial charge in [0.2, 0.25) is 11.8 Å². The molecule has 0 aromatic heterocycles. The topological polar surface area (TPSA) is 92.5 Å². The first kappa shape index (κ1) is 19.9. The third-order valence-electron chi connectivity index (χ3n) is 5.73. The summed E-state index contributed by atoms with van der Waals surface area (Å²) >= 11 is 0. The van der Waals surface area contributed by atoms with E-state index in [2.05, 4.69) is 12.2 Å². The van der Waals surface area contributed by atoms with Gasteiger partial charge in [-0.2, -0.15) is 0 Å². The number of amides is 2. The molecule has 6 nitrogen and oxygen atoms in total. The lowest BCUT2D eigenvalue weighted by molar-refractivity contribution is -0.128. The number of likely N-dealkylation sites (tertiary alicyclic amines) is 1. The number of primary amides is 1. The van der Waals surface area contributed by atoms with Crippen molar-refractivity contribution in [1.29, 1.82) is 0 Å². The standard InChI is InChI=1S/C19H33N3O3/c1-14-7-9-16(17(23)13-22(14)12-11-18(20)24)21-19(25)10-8-15-5-3-2-4-6-15/h14-16H,2-13H2,1H3,(H2,20,24)(H,21,25)/t14-,16+/m1/s1. The molecule has 1 saturated heterocycles. The average Bonchev–Trinajstić information content (AvgIpc) is 2.72. The molecule has 2 atom stereocenters. The van der Waals surface area contributed by atoms with Gasteiger partial charge < -0.3 is 11.1 Å². The Morgan fingerprint density at radius 2 is 1.84 bits per heavy atom. The summed E-state index contributed by atoms with van der Waals surface area (Å²) < 4.78 is 0. The Morgan fingerprint density at radius 1 is 1.12 bits per heavy atom. The molecule has 142 valence electrons. The highest BCUT2D eigenvalue weighted by molar-refractivity contribution is 5.90. The minimum atomic E-state index is -0.389. The van der Waals surface area contributed by atoms with Gasteiger partial charge in [-0.15, -0.1) is 0 Å². The molecule has 0 aromatic carbocycles. The van der Waals surface area contributed by atoms with Crippen molar-refractivity contribution in [3.63, 3.8) is 0 Å².